The summed E-state index contributed by atoms with van der Waals surface area (Å²) in [6.07, 6.45) is 0. The van der Waals surface area contributed by atoms with Crippen molar-refractivity contribution in [1.82, 2.24) is 4.41 Å². The Morgan fingerprint density at radius 1 is 1.33 bits per heavy atom. The highest BCUT2D eigenvalue weighted by molar-refractivity contribution is 7.92. The first-order valence-electron chi connectivity index (χ1n) is 6.14. The third-order valence-electron chi connectivity index (χ3n) is 2.60. The molecule has 0 spiro atoms. The maximum atomic E-state index is 11.9. The molecule has 0 radical (unpaired) electrons. The molecule has 0 heterocycles. The minimum atomic E-state index is -0.334. The lowest BCUT2D eigenvalue weighted by molar-refractivity contribution is 0.0528. The summed E-state index contributed by atoms with van der Waals surface area (Å²) < 4.78 is 11.8. The van der Waals surface area contributed by atoms with E-state index in [0.29, 0.717) is 17.9 Å². The van der Waals surface area contributed by atoms with Crippen LogP contribution in [0.2, 0.25) is 0 Å². The predicted octanol–water partition coefficient (Wildman–Crippen LogP) is 2.88. The SMILES string of the molecule is CCOC(=O)c1cccc2ccc(OSN(C)N)cc12.S. The molecule has 5 nitrogen and oxygen atoms in total. The van der Waals surface area contributed by atoms with Crippen LogP contribution in [-0.4, -0.2) is 24.0 Å². The topological polar surface area (TPSA) is 64.8 Å². The van der Waals surface area contributed by atoms with Crippen molar-refractivity contribution in [3.63, 3.8) is 0 Å². The third-order valence-corrected chi connectivity index (χ3v) is 3.10. The van der Waals surface area contributed by atoms with Gasteiger partial charge in [-0.3, -0.25) is 5.84 Å². The standard InChI is InChI=1S/C14H16N2O3S.H2S/c1-3-18-14(17)12-6-4-5-10-7-8-11(9-13(10)12)19-20-16(2)15;/h4-9H,3,15H2,1-2H3;1H2. The molecule has 0 aliphatic heterocycles. The molecule has 0 saturated heterocycles. The van der Waals surface area contributed by atoms with Crippen molar-refractivity contribution < 1.29 is 13.7 Å². The molecule has 7 heteroatoms. The second-order valence-electron chi connectivity index (χ2n) is 4.11. The molecule has 0 aromatic heterocycles. The molecule has 0 aliphatic carbocycles. The molecule has 0 atom stereocenters. The van der Waals surface area contributed by atoms with Gasteiger partial charge in [-0.1, -0.05) is 18.2 Å². The number of nitrogens with two attached hydrogens (primary N) is 1. The van der Waals surface area contributed by atoms with E-state index in [4.69, 9.17) is 14.8 Å². The lowest BCUT2D eigenvalue weighted by Crippen LogP contribution is -2.18. The second kappa shape index (κ2) is 8.14. The van der Waals surface area contributed by atoms with Gasteiger partial charge in [0.2, 0.25) is 0 Å². The van der Waals surface area contributed by atoms with Crippen molar-refractivity contribution in [3.05, 3.63) is 42.0 Å². The summed E-state index contributed by atoms with van der Waals surface area (Å²) in [5, 5.41) is 1.75. The molecule has 0 amide bonds. The lowest BCUT2D eigenvalue weighted by atomic mass is 10.0. The molecule has 0 unspecified atom stereocenters. The third kappa shape index (κ3) is 4.53. The van der Waals surface area contributed by atoms with E-state index in [1.54, 1.807) is 26.1 Å². The zero-order valence-electron chi connectivity index (χ0n) is 11.8. The number of hydrazine groups is 1. The minimum absolute atomic E-state index is 0. The monoisotopic (exact) mass is 326 g/mol. The number of hydrogen-bond acceptors (Lipinski definition) is 6. The Labute approximate surface area is 135 Å². The largest absolute Gasteiger partial charge is 0.462 e. The van der Waals surface area contributed by atoms with Gasteiger partial charge in [-0.2, -0.15) is 17.9 Å². The number of benzene rings is 2. The summed E-state index contributed by atoms with van der Waals surface area (Å²) in [4.78, 5) is 11.9. The van der Waals surface area contributed by atoms with Crippen LogP contribution in [0, 0.1) is 0 Å². The van der Waals surface area contributed by atoms with E-state index in [9.17, 15) is 4.79 Å². The Morgan fingerprint density at radius 2 is 2.10 bits per heavy atom. The van der Waals surface area contributed by atoms with Crippen molar-refractivity contribution in [2.75, 3.05) is 13.7 Å². The number of ether oxygens (including phenoxy) is 1. The van der Waals surface area contributed by atoms with Gasteiger partial charge >= 0.3 is 5.97 Å². The van der Waals surface area contributed by atoms with E-state index in [1.165, 1.54) is 4.41 Å². The number of carbonyl (C=O) groups is 1. The second-order valence-corrected chi connectivity index (χ2v) is 5.00. The average Bonchev–Trinajstić information content (AvgIpc) is 2.44. The molecule has 0 aliphatic rings. The Balaban J connectivity index is 0.00000220. The smallest absolute Gasteiger partial charge is 0.338 e. The van der Waals surface area contributed by atoms with Crippen LogP contribution in [0.1, 0.15) is 17.3 Å². The molecule has 0 saturated carbocycles. The Kier molecular flexibility index (Phi) is 6.83. The van der Waals surface area contributed by atoms with E-state index in [0.717, 1.165) is 23.0 Å². The molecule has 2 aromatic rings. The van der Waals surface area contributed by atoms with E-state index < -0.39 is 0 Å². The predicted molar refractivity (Wildman–Crippen MR) is 90.5 cm³/mol. The van der Waals surface area contributed by atoms with Gasteiger partial charge in [0, 0.05) is 7.05 Å². The highest BCUT2D eigenvalue weighted by atomic mass is 32.2. The van der Waals surface area contributed by atoms with Gasteiger partial charge in [0.15, 0.2) is 12.2 Å². The first kappa shape index (κ1) is 17.6. The Bertz CT molecular complexity index is 620. The normalized spacial score (nSPS) is 10.3. The summed E-state index contributed by atoms with van der Waals surface area (Å²) in [5.74, 6) is 5.76. The highest BCUT2D eigenvalue weighted by Crippen LogP contribution is 2.26. The number of fused-ring (bicyclic) bond motifs is 1. The van der Waals surface area contributed by atoms with Crippen molar-refractivity contribution in [2.45, 2.75) is 6.92 Å². The zero-order chi connectivity index (χ0) is 14.5. The van der Waals surface area contributed by atoms with Crippen LogP contribution in [0.4, 0.5) is 0 Å². The maximum absolute atomic E-state index is 11.9. The first-order valence-corrected chi connectivity index (χ1v) is 6.84. The van der Waals surface area contributed by atoms with Crippen LogP contribution in [-0.2, 0) is 4.74 Å². The fourth-order valence-electron chi connectivity index (χ4n) is 1.79. The molecule has 2 rings (SSSR count). The summed E-state index contributed by atoms with van der Waals surface area (Å²) in [6, 6.07) is 11.0. The van der Waals surface area contributed by atoms with Gasteiger partial charge in [0.25, 0.3) is 0 Å². The number of rotatable bonds is 5. The molecule has 0 fully saturated rings. The molecular formula is C14H18N2O3S2. The molecular weight excluding hydrogens is 308 g/mol. The zero-order valence-corrected chi connectivity index (χ0v) is 13.6. The van der Waals surface area contributed by atoms with Crippen molar-refractivity contribution >= 4 is 42.5 Å². The van der Waals surface area contributed by atoms with Gasteiger partial charge in [-0.05, 0) is 35.9 Å². The van der Waals surface area contributed by atoms with Gasteiger partial charge in [-0.25, -0.2) is 4.79 Å². The Morgan fingerprint density at radius 3 is 2.76 bits per heavy atom. The van der Waals surface area contributed by atoms with E-state index in [1.807, 2.05) is 24.3 Å². The molecule has 21 heavy (non-hydrogen) atoms. The number of nitrogens with zero attached hydrogens (tertiary/aromatic N) is 1. The number of hydrogen-bond donors (Lipinski definition) is 1. The van der Waals surface area contributed by atoms with Gasteiger partial charge < -0.3 is 8.92 Å². The Hall–Kier alpha value is -1.41. The molecule has 2 aromatic carbocycles. The van der Waals surface area contributed by atoms with Crippen LogP contribution in [0.3, 0.4) is 0 Å². The fourth-order valence-corrected chi connectivity index (χ4v) is 2.10. The van der Waals surface area contributed by atoms with Crippen molar-refractivity contribution in [1.29, 1.82) is 0 Å². The van der Waals surface area contributed by atoms with Crippen LogP contribution in [0.5, 0.6) is 5.75 Å². The molecule has 0 bridgehead atoms. The van der Waals surface area contributed by atoms with E-state index in [-0.39, 0.29) is 19.5 Å². The van der Waals surface area contributed by atoms with Gasteiger partial charge in [-0.15, -0.1) is 0 Å². The summed E-state index contributed by atoms with van der Waals surface area (Å²) in [5.41, 5.74) is 0.529. The number of esters is 1. The lowest BCUT2D eigenvalue weighted by Gasteiger charge is -2.10. The summed E-state index contributed by atoms with van der Waals surface area (Å²) >= 11 is 1.01. The molecule has 114 valence electrons. The average molecular weight is 326 g/mol. The fraction of sp³-hybridized carbons (Fsp3) is 0.214. The van der Waals surface area contributed by atoms with Crippen LogP contribution in [0.15, 0.2) is 36.4 Å². The van der Waals surface area contributed by atoms with E-state index >= 15 is 0 Å². The van der Waals surface area contributed by atoms with Crippen LogP contribution in [0.25, 0.3) is 10.8 Å². The molecule has 2 N–H and O–H groups in total. The first-order chi connectivity index (χ1) is 9.61. The quantitative estimate of drug-likeness (QED) is 0.300. The van der Waals surface area contributed by atoms with Crippen LogP contribution < -0.4 is 10.0 Å². The maximum Gasteiger partial charge on any atom is 0.338 e. The summed E-state index contributed by atoms with van der Waals surface area (Å²) in [6.45, 7) is 2.13. The van der Waals surface area contributed by atoms with E-state index in [2.05, 4.69) is 0 Å². The summed E-state index contributed by atoms with van der Waals surface area (Å²) in [7, 11) is 1.68. The number of carbonyl (C=O) groups excluding carboxylic acids is 1. The minimum Gasteiger partial charge on any atom is -0.462 e. The van der Waals surface area contributed by atoms with Crippen molar-refractivity contribution in [3.8, 4) is 5.75 Å². The van der Waals surface area contributed by atoms with Gasteiger partial charge in [0.05, 0.1) is 12.2 Å². The van der Waals surface area contributed by atoms with Gasteiger partial charge in [0.1, 0.15) is 5.75 Å². The highest BCUT2D eigenvalue weighted by Gasteiger charge is 2.11. The van der Waals surface area contributed by atoms with Crippen molar-refractivity contribution in [2.24, 2.45) is 5.84 Å². The van der Waals surface area contributed by atoms with Crippen LogP contribution >= 0.6 is 25.7 Å².